The maximum atomic E-state index is 12.9. The van der Waals surface area contributed by atoms with E-state index in [0.717, 1.165) is 6.92 Å². The number of alkyl halides is 3. The number of hydrogen-bond acceptors (Lipinski definition) is 6. The summed E-state index contributed by atoms with van der Waals surface area (Å²) in [6.45, 7) is 1.10. The quantitative estimate of drug-likeness (QED) is 0.900. The monoisotopic (exact) mass is 353 g/mol. The number of halogens is 3. The van der Waals surface area contributed by atoms with Crippen LogP contribution in [0.2, 0.25) is 0 Å². The number of nitrogens with zero attached hydrogens (tertiary/aromatic N) is 3. The van der Waals surface area contributed by atoms with Gasteiger partial charge in [-0.15, -0.1) is 0 Å². The minimum atomic E-state index is -4.88. The molecule has 0 radical (unpaired) electrons. The fraction of sp³-hybridized carbons (Fsp3) is 0.200. The van der Waals surface area contributed by atoms with Gasteiger partial charge in [-0.05, 0) is 19.1 Å². The maximum absolute atomic E-state index is 12.9. The molecule has 0 fully saturated rings. The topological polar surface area (TPSA) is 105 Å². The van der Waals surface area contributed by atoms with Crippen molar-refractivity contribution in [2.24, 2.45) is 0 Å². The van der Waals surface area contributed by atoms with Crippen molar-refractivity contribution in [3.63, 3.8) is 0 Å². The number of aromatic nitrogens is 2. The molecule has 0 atom stereocenters. The zero-order valence-corrected chi connectivity index (χ0v) is 12.9. The van der Waals surface area contributed by atoms with E-state index in [2.05, 4.69) is 9.97 Å². The van der Waals surface area contributed by atoms with Gasteiger partial charge in [0.05, 0.1) is 24.4 Å². The second-order valence-electron chi connectivity index (χ2n) is 4.70. The molecule has 1 aromatic heterocycles. The van der Waals surface area contributed by atoms with E-state index in [0.29, 0.717) is 0 Å². The third kappa shape index (κ3) is 3.77. The van der Waals surface area contributed by atoms with Crippen LogP contribution in [0.4, 0.5) is 13.2 Å². The molecular weight excluding hydrogens is 343 g/mol. The number of carboxylic acids is 1. The molecule has 0 amide bonds. The van der Waals surface area contributed by atoms with Crippen molar-refractivity contribution in [2.75, 3.05) is 7.11 Å². The van der Waals surface area contributed by atoms with Gasteiger partial charge in [-0.25, -0.2) is 9.78 Å². The number of carboxylic acid groups (broad SMARTS) is 1. The van der Waals surface area contributed by atoms with Crippen LogP contribution in [0.15, 0.2) is 18.2 Å². The zero-order chi connectivity index (χ0) is 18.8. The van der Waals surface area contributed by atoms with E-state index in [4.69, 9.17) is 14.7 Å². The Bertz CT molecular complexity index is 876. The Kier molecular flexibility index (Phi) is 4.78. The summed E-state index contributed by atoms with van der Waals surface area (Å²) in [5.74, 6) is -3.93. The Morgan fingerprint density at radius 2 is 1.96 bits per heavy atom. The maximum Gasteiger partial charge on any atom is 0.451 e. The predicted octanol–water partition coefficient (Wildman–Crippen LogP) is 3.17. The minimum absolute atomic E-state index is 0.0280. The first-order valence-corrected chi connectivity index (χ1v) is 6.62. The van der Waals surface area contributed by atoms with Gasteiger partial charge in [-0.1, -0.05) is 0 Å². The fourth-order valence-electron chi connectivity index (χ4n) is 1.92. The average Bonchev–Trinajstić information content (AvgIpc) is 2.53. The molecule has 1 N–H and O–H groups in total. The highest BCUT2D eigenvalue weighted by atomic mass is 19.4. The first kappa shape index (κ1) is 18.0. The molecule has 130 valence electrons. The van der Waals surface area contributed by atoms with Gasteiger partial charge in [0.1, 0.15) is 5.56 Å². The van der Waals surface area contributed by atoms with Crippen LogP contribution in [0.25, 0.3) is 0 Å². The number of benzene rings is 1. The van der Waals surface area contributed by atoms with E-state index in [1.165, 1.54) is 25.3 Å². The molecule has 7 nitrogen and oxygen atoms in total. The summed E-state index contributed by atoms with van der Waals surface area (Å²) in [6, 6.07) is 5.73. The molecule has 1 heterocycles. The number of hydrogen-bond donors (Lipinski definition) is 1. The van der Waals surface area contributed by atoms with Crippen LogP contribution in [0.1, 0.15) is 27.4 Å². The van der Waals surface area contributed by atoms with E-state index in [1.54, 1.807) is 0 Å². The lowest BCUT2D eigenvalue weighted by atomic mass is 10.2. The molecule has 2 rings (SSSR count). The molecule has 0 saturated carbocycles. The van der Waals surface area contributed by atoms with Crippen molar-refractivity contribution in [3.8, 4) is 23.4 Å². The van der Waals surface area contributed by atoms with E-state index in [9.17, 15) is 23.1 Å². The Labute approximate surface area is 139 Å². The fourth-order valence-corrected chi connectivity index (χ4v) is 1.92. The number of aryl methyl sites for hydroxylation is 1. The average molecular weight is 353 g/mol. The Morgan fingerprint density at radius 1 is 1.28 bits per heavy atom. The molecule has 10 heteroatoms. The van der Waals surface area contributed by atoms with Gasteiger partial charge in [-0.2, -0.15) is 23.4 Å². The lowest BCUT2D eigenvalue weighted by Crippen LogP contribution is -2.16. The molecule has 2 aromatic rings. The molecule has 1 aromatic carbocycles. The lowest BCUT2D eigenvalue weighted by molar-refractivity contribution is -0.145. The van der Waals surface area contributed by atoms with Crippen LogP contribution < -0.4 is 9.47 Å². The summed E-state index contributed by atoms with van der Waals surface area (Å²) >= 11 is 0. The third-order valence-electron chi connectivity index (χ3n) is 3.02. The SMILES string of the molecule is COc1cc(C#N)ccc1Oc1nc(C(F)(F)F)nc(C)c1C(=O)O. The number of carbonyl (C=O) groups is 1. The molecule has 0 aliphatic heterocycles. The van der Waals surface area contributed by atoms with Gasteiger partial charge in [0, 0.05) is 6.07 Å². The van der Waals surface area contributed by atoms with Crippen LogP contribution in [0, 0.1) is 18.3 Å². The number of ether oxygens (including phenoxy) is 2. The predicted molar refractivity (Wildman–Crippen MR) is 76.5 cm³/mol. The van der Waals surface area contributed by atoms with Crippen molar-refractivity contribution in [1.29, 1.82) is 5.26 Å². The largest absolute Gasteiger partial charge is 0.493 e. The first-order chi connectivity index (χ1) is 11.7. The summed E-state index contributed by atoms with van der Waals surface area (Å²) in [5.41, 5.74) is -0.797. The molecule has 0 unspecified atom stereocenters. The minimum Gasteiger partial charge on any atom is -0.493 e. The number of nitriles is 1. The van der Waals surface area contributed by atoms with Gasteiger partial charge in [0.15, 0.2) is 11.5 Å². The van der Waals surface area contributed by atoms with Crippen molar-refractivity contribution >= 4 is 5.97 Å². The van der Waals surface area contributed by atoms with E-state index in [-0.39, 0.29) is 17.1 Å². The van der Waals surface area contributed by atoms with Crippen LogP contribution in [0.5, 0.6) is 17.4 Å². The smallest absolute Gasteiger partial charge is 0.451 e. The van der Waals surface area contributed by atoms with Crippen molar-refractivity contribution in [1.82, 2.24) is 9.97 Å². The van der Waals surface area contributed by atoms with E-state index >= 15 is 0 Å². The van der Waals surface area contributed by atoms with Gasteiger partial charge in [0.2, 0.25) is 11.7 Å². The van der Waals surface area contributed by atoms with Crippen molar-refractivity contribution in [2.45, 2.75) is 13.1 Å². The zero-order valence-electron chi connectivity index (χ0n) is 12.9. The Morgan fingerprint density at radius 3 is 2.48 bits per heavy atom. The molecule has 0 saturated heterocycles. The lowest BCUT2D eigenvalue weighted by Gasteiger charge is -2.14. The normalized spacial score (nSPS) is 10.9. The molecule has 0 aliphatic rings. The molecule has 0 aliphatic carbocycles. The van der Waals surface area contributed by atoms with Gasteiger partial charge < -0.3 is 14.6 Å². The standard InChI is InChI=1S/C15H10F3N3O4/c1-7-11(13(22)23)12(21-14(20-7)15(16,17)18)25-9-4-3-8(6-19)5-10(9)24-2/h3-5H,1-2H3,(H,22,23). The summed E-state index contributed by atoms with van der Waals surface area (Å²) in [5, 5.41) is 18.1. The highest BCUT2D eigenvalue weighted by Gasteiger charge is 2.37. The second-order valence-corrected chi connectivity index (χ2v) is 4.70. The van der Waals surface area contributed by atoms with E-state index in [1.807, 2.05) is 6.07 Å². The summed E-state index contributed by atoms with van der Waals surface area (Å²) < 4.78 is 48.9. The van der Waals surface area contributed by atoms with Crippen LogP contribution in [-0.4, -0.2) is 28.2 Å². The Hall–Kier alpha value is -3.35. The van der Waals surface area contributed by atoms with Crippen LogP contribution >= 0.6 is 0 Å². The summed E-state index contributed by atoms with van der Waals surface area (Å²) in [7, 11) is 1.26. The number of aromatic carboxylic acids is 1. The molecule has 25 heavy (non-hydrogen) atoms. The molecule has 0 spiro atoms. The van der Waals surface area contributed by atoms with Gasteiger partial charge in [0.25, 0.3) is 0 Å². The molecule has 0 bridgehead atoms. The highest BCUT2D eigenvalue weighted by molar-refractivity contribution is 5.91. The highest BCUT2D eigenvalue weighted by Crippen LogP contribution is 2.35. The first-order valence-electron chi connectivity index (χ1n) is 6.62. The number of rotatable bonds is 4. The van der Waals surface area contributed by atoms with Gasteiger partial charge in [-0.3, -0.25) is 0 Å². The van der Waals surface area contributed by atoms with E-state index < -0.39 is 35.1 Å². The third-order valence-corrected chi connectivity index (χ3v) is 3.02. The molecular formula is C15H10F3N3O4. The summed E-state index contributed by atoms with van der Waals surface area (Å²) in [4.78, 5) is 17.7. The second kappa shape index (κ2) is 6.64. The Balaban J connectivity index is 2.60. The van der Waals surface area contributed by atoms with Gasteiger partial charge >= 0.3 is 12.1 Å². The summed E-state index contributed by atoms with van der Waals surface area (Å²) in [6.07, 6.45) is -4.88. The van der Waals surface area contributed by atoms with Crippen molar-refractivity contribution < 1.29 is 32.5 Å². The van der Waals surface area contributed by atoms with Crippen molar-refractivity contribution in [3.05, 3.63) is 40.8 Å². The van der Waals surface area contributed by atoms with Crippen LogP contribution in [0.3, 0.4) is 0 Å². The number of methoxy groups -OCH3 is 1. The van der Waals surface area contributed by atoms with Crippen LogP contribution in [-0.2, 0) is 6.18 Å².